The zero-order valence-electron chi connectivity index (χ0n) is 11.0. The van der Waals surface area contributed by atoms with Crippen molar-refractivity contribution >= 4 is 5.91 Å². The van der Waals surface area contributed by atoms with Crippen molar-refractivity contribution in [3.8, 4) is 0 Å². The van der Waals surface area contributed by atoms with Crippen molar-refractivity contribution in [3.63, 3.8) is 0 Å². The summed E-state index contributed by atoms with van der Waals surface area (Å²) >= 11 is 0. The number of rotatable bonds is 6. The van der Waals surface area contributed by atoms with Gasteiger partial charge in [-0.15, -0.1) is 0 Å². The van der Waals surface area contributed by atoms with E-state index >= 15 is 0 Å². The first-order valence-corrected chi connectivity index (χ1v) is 6.37. The van der Waals surface area contributed by atoms with Crippen molar-refractivity contribution in [2.24, 2.45) is 5.73 Å². The number of ether oxygens (including phenoxy) is 1. The molecule has 1 aliphatic rings. The van der Waals surface area contributed by atoms with Crippen LogP contribution in [-0.2, 0) is 9.53 Å². The molecule has 100 valence electrons. The molecule has 0 aromatic heterocycles. The molecule has 0 aromatic carbocycles. The van der Waals surface area contributed by atoms with E-state index in [0.29, 0.717) is 32.2 Å². The Bertz CT molecular complexity index is 236. The molecular weight excluding hydrogens is 218 g/mol. The molecule has 0 saturated carbocycles. The van der Waals surface area contributed by atoms with E-state index in [4.69, 9.17) is 10.5 Å². The summed E-state index contributed by atoms with van der Waals surface area (Å²) in [5.74, 6) is 0.169. The summed E-state index contributed by atoms with van der Waals surface area (Å²) in [7, 11) is 4.00. The second-order valence-corrected chi connectivity index (χ2v) is 4.71. The van der Waals surface area contributed by atoms with Crippen molar-refractivity contribution in [1.82, 2.24) is 9.80 Å². The lowest BCUT2D eigenvalue weighted by Gasteiger charge is -2.35. The lowest BCUT2D eigenvalue weighted by atomic mass is 10.0. The Morgan fingerprint density at radius 2 is 2.29 bits per heavy atom. The predicted octanol–water partition coefficient (Wildman–Crippen LogP) is -0.0956. The van der Waals surface area contributed by atoms with Crippen molar-refractivity contribution < 1.29 is 9.53 Å². The first kappa shape index (κ1) is 14.4. The minimum absolute atomic E-state index is 0.169. The molecule has 1 aliphatic heterocycles. The normalized spacial score (nSPS) is 21.5. The molecule has 1 heterocycles. The minimum Gasteiger partial charge on any atom is -0.380 e. The fraction of sp³-hybridized carbons (Fsp3) is 0.917. The highest BCUT2D eigenvalue weighted by Gasteiger charge is 2.23. The van der Waals surface area contributed by atoms with Gasteiger partial charge >= 0.3 is 0 Å². The average molecular weight is 243 g/mol. The van der Waals surface area contributed by atoms with Gasteiger partial charge in [0.1, 0.15) is 0 Å². The van der Waals surface area contributed by atoms with Crippen molar-refractivity contribution in [3.05, 3.63) is 0 Å². The quantitative estimate of drug-likeness (QED) is 0.662. The number of hydrogen-bond donors (Lipinski definition) is 1. The van der Waals surface area contributed by atoms with Crippen LogP contribution >= 0.6 is 0 Å². The number of likely N-dealkylation sites (N-methyl/N-ethyl adjacent to an activating group) is 2. The summed E-state index contributed by atoms with van der Waals surface area (Å²) in [6.45, 7) is 3.63. The molecule has 2 N–H and O–H groups in total. The van der Waals surface area contributed by atoms with E-state index in [9.17, 15) is 4.79 Å². The highest BCUT2D eigenvalue weighted by atomic mass is 16.5. The molecule has 5 heteroatoms. The number of likely N-dealkylation sites (tertiary alicyclic amines) is 1. The van der Waals surface area contributed by atoms with Gasteiger partial charge < -0.3 is 20.3 Å². The second kappa shape index (κ2) is 7.63. The first-order valence-electron chi connectivity index (χ1n) is 6.37. The van der Waals surface area contributed by atoms with Crippen molar-refractivity contribution in [2.75, 3.05) is 46.9 Å². The second-order valence-electron chi connectivity index (χ2n) is 4.71. The van der Waals surface area contributed by atoms with Gasteiger partial charge in [-0.25, -0.2) is 0 Å². The fourth-order valence-corrected chi connectivity index (χ4v) is 2.18. The molecular formula is C12H25N3O2. The van der Waals surface area contributed by atoms with Crippen LogP contribution in [0.1, 0.15) is 19.3 Å². The number of piperidine rings is 1. The largest absolute Gasteiger partial charge is 0.380 e. The Balaban J connectivity index is 2.25. The van der Waals surface area contributed by atoms with Crippen LogP contribution < -0.4 is 5.73 Å². The Hall–Kier alpha value is -0.650. The van der Waals surface area contributed by atoms with E-state index in [1.807, 2.05) is 11.9 Å². The van der Waals surface area contributed by atoms with Crippen LogP contribution in [0.4, 0.5) is 0 Å². The monoisotopic (exact) mass is 243 g/mol. The molecule has 1 atom stereocenters. The van der Waals surface area contributed by atoms with Crippen LogP contribution in [-0.4, -0.2) is 68.7 Å². The highest BCUT2D eigenvalue weighted by Crippen LogP contribution is 2.14. The minimum atomic E-state index is 0.169. The summed E-state index contributed by atoms with van der Waals surface area (Å²) in [5, 5.41) is 0. The van der Waals surface area contributed by atoms with Gasteiger partial charge in [-0.1, -0.05) is 0 Å². The van der Waals surface area contributed by atoms with Gasteiger partial charge in [-0.05, 0) is 26.4 Å². The maximum Gasteiger partial charge on any atom is 0.224 e. The maximum atomic E-state index is 11.9. The zero-order valence-corrected chi connectivity index (χ0v) is 11.0. The number of nitrogens with two attached hydrogens (primary N) is 1. The number of amides is 1. The fourth-order valence-electron chi connectivity index (χ4n) is 2.18. The molecule has 0 bridgehead atoms. The van der Waals surface area contributed by atoms with Crippen molar-refractivity contribution in [1.29, 1.82) is 0 Å². The molecule has 1 saturated heterocycles. The Kier molecular flexibility index (Phi) is 6.47. The van der Waals surface area contributed by atoms with Crippen LogP contribution in [0.3, 0.4) is 0 Å². The molecule has 5 nitrogen and oxygen atoms in total. The van der Waals surface area contributed by atoms with Crippen molar-refractivity contribution in [2.45, 2.75) is 25.3 Å². The molecule has 1 fully saturated rings. The SMILES string of the molecule is CN1CCCC(N(C)C(=O)CCOCCN)C1. The summed E-state index contributed by atoms with van der Waals surface area (Å²) < 4.78 is 5.23. The van der Waals surface area contributed by atoms with Gasteiger partial charge in [-0.2, -0.15) is 0 Å². The molecule has 0 radical (unpaired) electrons. The highest BCUT2D eigenvalue weighted by molar-refractivity contribution is 5.76. The zero-order chi connectivity index (χ0) is 12.7. The summed E-state index contributed by atoms with van der Waals surface area (Å²) in [4.78, 5) is 16.1. The van der Waals surface area contributed by atoms with E-state index in [-0.39, 0.29) is 5.91 Å². The van der Waals surface area contributed by atoms with E-state index in [2.05, 4.69) is 11.9 Å². The molecule has 0 aromatic rings. The Morgan fingerprint density at radius 3 is 2.94 bits per heavy atom. The number of hydrogen-bond acceptors (Lipinski definition) is 4. The lowest BCUT2D eigenvalue weighted by molar-refractivity contribution is -0.134. The number of nitrogens with zero attached hydrogens (tertiary/aromatic N) is 2. The van der Waals surface area contributed by atoms with Crippen LogP contribution in [0.25, 0.3) is 0 Å². The standard InChI is InChI=1S/C12H25N3O2/c1-14-7-3-4-11(10-14)15(2)12(16)5-8-17-9-6-13/h11H,3-10,13H2,1-2H3. The van der Waals surface area contributed by atoms with Gasteiger partial charge in [0.2, 0.25) is 5.91 Å². The summed E-state index contributed by atoms with van der Waals surface area (Å²) in [6, 6.07) is 0.357. The third-order valence-electron chi connectivity index (χ3n) is 3.26. The molecule has 1 rings (SSSR count). The first-order chi connectivity index (χ1) is 8.15. The van der Waals surface area contributed by atoms with E-state index in [1.54, 1.807) is 0 Å². The van der Waals surface area contributed by atoms with Gasteiger partial charge in [0.25, 0.3) is 0 Å². The smallest absolute Gasteiger partial charge is 0.224 e. The third kappa shape index (κ3) is 5.02. The number of carbonyl (C=O) groups is 1. The molecule has 17 heavy (non-hydrogen) atoms. The third-order valence-corrected chi connectivity index (χ3v) is 3.26. The summed E-state index contributed by atoms with van der Waals surface area (Å²) in [6.07, 6.45) is 2.73. The van der Waals surface area contributed by atoms with Crippen LogP contribution in [0.5, 0.6) is 0 Å². The Labute approximate surface area is 104 Å². The summed E-state index contributed by atoms with van der Waals surface area (Å²) in [5.41, 5.74) is 5.31. The van der Waals surface area contributed by atoms with Gasteiger partial charge in [0, 0.05) is 26.2 Å². The molecule has 0 aliphatic carbocycles. The Morgan fingerprint density at radius 1 is 1.53 bits per heavy atom. The van der Waals surface area contributed by atoms with Crippen LogP contribution in [0.15, 0.2) is 0 Å². The van der Waals surface area contributed by atoms with E-state index in [0.717, 1.165) is 19.5 Å². The molecule has 1 amide bonds. The lowest BCUT2D eigenvalue weighted by Crippen LogP contribution is -2.47. The topological polar surface area (TPSA) is 58.8 Å². The number of carbonyl (C=O) groups excluding carboxylic acids is 1. The van der Waals surface area contributed by atoms with Crippen LogP contribution in [0, 0.1) is 0 Å². The van der Waals surface area contributed by atoms with E-state index in [1.165, 1.54) is 6.42 Å². The van der Waals surface area contributed by atoms with Gasteiger partial charge in [-0.3, -0.25) is 4.79 Å². The van der Waals surface area contributed by atoms with E-state index < -0.39 is 0 Å². The van der Waals surface area contributed by atoms with Crippen LogP contribution in [0.2, 0.25) is 0 Å². The van der Waals surface area contributed by atoms with Gasteiger partial charge in [0.15, 0.2) is 0 Å². The average Bonchev–Trinajstić information content (AvgIpc) is 2.33. The predicted molar refractivity (Wildman–Crippen MR) is 67.8 cm³/mol. The maximum absolute atomic E-state index is 11.9. The molecule has 1 unspecified atom stereocenters. The molecule has 0 spiro atoms. The van der Waals surface area contributed by atoms with Gasteiger partial charge in [0.05, 0.1) is 19.6 Å².